The van der Waals surface area contributed by atoms with Gasteiger partial charge in [-0.25, -0.2) is 0 Å². The van der Waals surface area contributed by atoms with Crippen LogP contribution in [0.5, 0.6) is 0 Å². The number of likely N-dealkylation sites (N-methyl/N-ethyl adjacent to an activating group) is 1. The fourth-order valence-electron chi connectivity index (χ4n) is 3.45. The van der Waals surface area contributed by atoms with E-state index < -0.39 is 5.97 Å². The Hall–Kier alpha value is 0.386. The van der Waals surface area contributed by atoms with Crippen molar-refractivity contribution in [3.8, 4) is 0 Å². The van der Waals surface area contributed by atoms with E-state index >= 15 is 0 Å². The van der Waals surface area contributed by atoms with Crippen molar-refractivity contribution >= 4 is 57.4 Å². The minimum atomic E-state index is -0.802. The van der Waals surface area contributed by atoms with Crippen molar-refractivity contribution in [1.82, 2.24) is 4.90 Å². The number of aliphatic carboxylic acids is 1. The average Bonchev–Trinajstić information content (AvgIpc) is 2.66. The summed E-state index contributed by atoms with van der Waals surface area (Å²) in [7, 11) is 1.77. The molecule has 0 fully saturated rings. The molecule has 0 spiro atoms. The molecule has 0 amide bonds. The number of unbranched alkanes of at least 4 members (excludes halogenated alkanes) is 16. The fraction of sp³-hybridized carbons (Fsp3) is 0.800. The second-order valence-electron chi connectivity index (χ2n) is 8.17. The molecule has 0 aromatic heterocycles. The van der Waals surface area contributed by atoms with Gasteiger partial charge in [0.25, 0.3) is 0 Å². The van der Waals surface area contributed by atoms with E-state index in [2.05, 4.69) is 13.0 Å². The summed E-state index contributed by atoms with van der Waals surface area (Å²) in [4.78, 5) is 12.2. The predicted octanol–water partition coefficient (Wildman–Crippen LogP) is 7.08. The molecule has 0 aliphatic carbocycles. The number of nitrogens with zero attached hydrogens (tertiary/aromatic N) is 1. The maximum atomic E-state index is 10.5. The average molecular weight is 434 g/mol. The standard InChI is InChI=1S/C25H47NO2.K.H/c1-3-4-5-6-7-8-9-10-11-12-13-14-15-16-17-18-19-20-21-22-23-26(2)24-25(27)28;;/h20-23H,3-19,24H2,1-2H3,(H,27,28);;. The first-order valence-corrected chi connectivity index (χ1v) is 11.9. The molecule has 3 nitrogen and oxygen atoms in total. The molecule has 0 bridgehead atoms. The SMILES string of the molecule is CCCCCCCCCCCCCCCCCCC=CC=CN(C)CC(=O)O.[KH]. The molecule has 0 aromatic rings. The molecule has 0 heterocycles. The Bertz CT molecular complexity index is 396. The van der Waals surface area contributed by atoms with Gasteiger partial charge in [-0.05, 0) is 25.1 Å². The van der Waals surface area contributed by atoms with E-state index in [0.29, 0.717) is 0 Å². The van der Waals surface area contributed by atoms with Crippen LogP contribution in [0.3, 0.4) is 0 Å². The van der Waals surface area contributed by atoms with E-state index in [4.69, 9.17) is 5.11 Å². The molecule has 0 radical (unpaired) electrons. The van der Waals surface area contributed by atoms with Crippen LogP contribution in [0.4, 0.5) is 0 Å². The monoisotopic (exact) mass is 433 g/mol. The summed E-state index contributed by atoms with van der Waals surface area (Å²) in [5, 5.41) is 8.66. The summed E-state index contributed by atoms with van der Waals surface area (Å²) in [6.45, 7) is 2.33. The van der Waals surface area contributed by atoms with Gasteiger partial charge >= 0.3 is 57.4 Å². The van der Waals surface area contributed by atoms with Crippen molar-refractivity contribution < 1.29 is 9.90 Å². The number of allylic oxidation sites excluding steroid dienone is 3. The minimum absolute atomic E-state index is 0. The summed E-state index contributed by atoms with van der Waals surface area (Å²) in [5.74, 6) is -0.802. The Labute approximate surface area is 224 Å². The van der Waals surface area contributed by atoms with Crippen molar-refractivity contribution in [2.45, 2.75) is 116 Å². The Kier molecular flexibility index (Phi) is 28.8. The van der Waals surface area contributed by atoms with E-state index in [9.17, 15) is 4.79 Å². The second kappa shape index (κ2) is 26.4. The first-order chi connectivity index (χ1) is 13.7. The van der Waals surface area contributed by atoms with Gasteiger partial charge in [0, 0.05) is 7.05 Å². The number of hydrogen-bond donors (Lipinski definition) is 1. The Morgan fingerprint density at radius 2 is 1.14 bits per heavy atom. The van der Waals surface area contributed by atoms with Gasteiger partial charge in [0.05, 0.1) is 0 Å². The number of carboxylic acids is 1. The molecule has 0 saturated carbocycles. The van der Waals surface area contributed by atoms with Gasteiger partial charge in [-0.15, -0.1) is 0 Å². The number of hydrogen-bond acceptors (Lipinski definition) is 2. The number of carbonyl (C=O) groups is 1. The Morgan fingerprint density at radius 3 is 1.55 bits per heavy atom. The van der Waals surface area contributed by atoms with Gasteiger partial charge in [0.1, 0.15) is 6.54 Å². The molecule has 0 unspecified atom stereocenters. The zero-order valence-electron chi connectivity index (χ0n) is 18.8. The molecule has 0 aliphatic rings. The molecule has 4 heteroatoms. The van der Waals surface area contributed by atoms with Crippen LogP contribution in [-0.2, 0) is 4.79 Å². The molecule has 0 atom stereocenters. The van der Waals surface area contributed by atoms with Crippen molar-refractivity contribution in [1.29, 1.82) is 0 Å². The molecule has 1 N–H and O–H groups in total. The third kappa shape index (κ3) is 28.4. The summed E-state index contributed by atoms with van der Waals surface area (Å²) < 4.78 is 0. The van der Waals surface area contributed by atoms with Gasteiger partial charge < -0.3 is 10.0 Å². The molecule has 0 saturated heterocycles. The summed E-state index contributed by atoms with van der Waals surface area (Å²) >= 11 is 0. The van der Waals surface area contributed by atoms with Gasteiger partial charge in [-0.3, -0.25) is 4.79 Å². The summed E-state index contributed by atoms with van der Waals surface area (Å²) in [6.07, 6.45) is 31.5. The van der Waals surface area contributed by atoms with Gasteiger partial charge in [-0.2, -0.15) is 0 Å². The van der Waals surface area contributed by atoms with Gasteiger partial charge in [0.15, 0.2) is 0 Å². The Morgan fingerprint density at radius 1 is 0.724 bits per heavy atom. The van der Waals surface area contributed by atoms with Crippen molar-refractivity contribution in [2.75, 3.05) is 13.6 Å². The van der Waals surface area contributed by atoms with E-state index in [1.807, 2.05) is 12.2 Å². The molecule has 0 rings (SSSR count). The molecule has 29 heavy (non-hydrogen) atoms. The van der Waals surface area contributed by atoms with Gasteiger partial charge in [0.2, 0.25) is 0 Å². The van der Waals surface area contributed by atoms with Gasteiger partial charge in [-0.1, -0.05) is 115 Å². The van der Waals surface area contributed by atoms with E-state index in [1.165, 1.54) is 103 Å². The van der Waals surface area contributed by atoms with Crippen molar-refractivity contribution in [2.24, 2.45) is 0 Å². The number of carboxylic acid groups (broad SMARTS) is 1. The second-order valence-corrected chi connectivity index (χ2v) is 8.17. The zero-order chi connectivity index (χ0) is 20.7. The van der Waals surface area contributed by atoms with Crippen LogP contribution in [0.2, 0.25) is 0 Å². The van der Waals surface area contributed by atoms with E-state index in [1.54, 1.807) is 18.1 Å². The van der Waals surface area contributed by atoms with Crippen LogP contribution in [0, 0.1) is 0 Å². The number of rotatable bonds is 21. The van der Waals surface area contributed by atoms with Crippen molar-refractivity contribution in [3.05, 3.63) is 24.4 Å². The molecule has 166 valence electrons. The molecular formula is C25H48KNO2. The topological polar surface area (TPSA) is 40.5 Å². The third-order valence-electron chi connectivity index (χ3n) is 5.20. The quantitative estimate of drug-likeness (QED) is 0.119. The van der Waals surface area contributed by atoms with Crippen LogP contribution < -0.4 is 0 Å². The van der Waals surface area contributed by atoms with Crippen LogP contribution in [0.15, 0.2) is 24.4 Å². The summed E-state index contributed by atoms with van der Waals surface area (Å²) in [5.41, 5.74) is 0. The Balaban J connectivity index is 0. The predicted molar refractivity (Wildman–Crippen MR) is 130 cm³/mol. The normalized spacial score (nSPS) is 11.2. The van der Waals surface area contributed by atoms with Crippen LogP contribution in [0.25, 0.3) is 0 Å². The van der Waals surface area contributed by atoms with Crippen LogP contribution in [0.1, 0.15) is 116 Å². The first kappa shape index (κ1) is 31.6. The first-order valence-electron chi connectivity index (χ1n) is 11.9. The zero-order valence-corrected chi connectivity index (χ0v) is 18.8. The van der Waals surface area contributed by atoms with Crippen LogP contribution in [-0.4, -0.2) is 81.0 Å². The summed E-state index contributed by atoms with van der Waals surface area (Å²) in [6, 6.07) is 0. The fourth-order valence-corrected chi connectivity index (χ4v) is 3.45. The van der Waals surface area contributed by atoms with Crippen molar-refractivity contribution in [3.63, 3.8) is 0 Å². The maximum absolute atomic E-state index is 10.5. The third-order valence-corrected chi connectivity index (χ3v) is 5.20. The van der Waals surface area contributed by atoms with Crippen LogP contribution >= 0.6 is 0 Å². The van der Waals surface area contributed by atoms with E-state index in [0.717, 1.165) is 6.42 Å². The van der Waals surface area contributed by atoms with E-state index in [-0.39, 0.29) is 57.9 Å². The molecular weight excluding hydrogens is 385 g/mol. The molecule has 0 aromatic carbocycles. The molecule has 0 aliphatic heterocycles.